The van der Waals surface area contributed by atoms with E-state index in [1.165, 1.54) is 0 Å². The van der Waals surface area contributed by atoms with Gasteiger partial charge in [0.05, 0.1) is 11.4 Å². The maximum absolute atomic E-state index is 11.5. The van der Waals surface area contributed by atoms with Crippen molar-refractivity contribution < 1.29 is 4.79 Å². The van der Waals surface area contributed by atoms with Crippen molar-refractivity contribution in [2.24, 2.45) is 12.8 Å². The summed E-state index contributed by atoms with van der Waals surface area (Å²) in [5.41, 5.74) is 7.22. The van der Waals surface area contributed by atoms with Crippen LogP contribution in [0, 0.1) is 0 Å². The average molecular weight is 210 g/mol. The summed E-state index contributed by atoms with van der Waals surface area (Å²) in [5, 5.41) is 7.04. The van der Waals surface area contributed by atoms with E-state index < -0.39 is 0 Å². The molecule has 1 rings (SSSR count). The molecular weight excluding hydrogens is 192 g/mol. The molecule has 5 nitrogen and oxygen atoms in total. The zero-order valence-corrected chi connectivity index (χ0v) is 9.45. The van der Waals surface area contributed by atoms with E-state index in [2.05, 4.69) is 10.4 Å². The molecule has 0 aliphatic rings. The van der Waals surface area contributed by atoms with Gasteiger partial charge in [-0.3, -0.25) is 9.48 Å². The minimum absolute atomic E-state index is 0.0623. The van der Waals surface area contributed by atoms with Gasteiger partial charge in [-0.2, -0.15) is 5.10 Å². The molecule has 0 aliphatic heterocycles. The van der Waals surface area contributed by atoms with Crippen LogP contribution < -0.4 is 11.1 Å². The fourth-order valence-electron chi connectivity index (χ4n) is 1.39. The van der Waals surface area contributed by atoms with Gasteiger partial charge in [-0.1, -0.05) is 6.92 Å². The Kier molecular flexibility index (Phi) is 3.85. The molecule has 1 heterocycles. The Labute approximate surface area is 89.6 Å². The van der Waals surface area contributed by atoms with E-state index in [1.54, 1.807) is 10.9 Å². The maximum Gasteiger partial charge on any atom is 0.226 e. The van der Waals surface area contributed by atoms with Gasteiger partial charge in [0.2, 0.25) is 5.91 Å². The number of aromatic nitrogens is 2. The van der Waals surface area contributed by atoms with E-state index in [4.69, 9.17) is 5.73 Å². The number of aryl methyl sites for hydroxylation is 2. The van der Waals surface area contributed by atoms with E-state index in [0.717, 1.165) is 17.8 Å². The lowest BCUT2D eigenvalue weighted by molar-refractivity contribution is -0.116. The van der Waals surface area contributed by atoms with Gasteiger partial charge in [0.25, 0.3) is 0 Å². The number of nitrogens with two attached hydrogens (primary N) is 1. The van der Waals surface area contributed by atoms with Crippen LogP contribution in [0.1, 0.15) is 26.0 Å². The highest BCUT2D eigenvalue weighted by Crippen LogP contribution is 2.13. The first-order chi connectivity index (χ1) is 7.02. The molecule has 84 valence electrons. The predicted molar refractivity (Wildman–Crippen MR) is 59.5 cm³/mol. The second-order valence-corrected chi connectivity index (χ2v) is 3.75. The predicted octanol–water partition coefficient (Wildman–Crippen LogP) is 0.658. The molecule has 3 N–H and O–H groups in total. The summed E-state index contributed by atoms with van der Waals surface area (Å²) in [6, 6.07) is -0.119. The summed E-state index contributed by atoms with van der Waals surface area (Å²) in [6.45, 7) is 3.81. The molecule has 1 unspecified atom stereocenters. The zero-order chi connectivity index (χ0) is 11.4. The molecule has 0 saturated heterocycles. The quantitative estimate of drug-likeness (QED) is 0.766. The van der Waals surface area contributed by atoms with Crippen LogP contribution in [0.3, 0.4) is 0 Å². The van der Waals surface area contributed by atoms with Gasteiger partial charge in [-0.25, -0.2) is 0 Å². The molecule has 0 radical (unpaired) electrons. The number of carbonyl (C=O) groups is 1. The molecule has 0 bridgehead atoms. The Bertz CT molecular complexity index is 343. The average Bonchev–Trinajstić information content (AvgIpc) is 2.44. The normalized spacial score (nSPS) is 12.5. The molecule has 1 atom stereocenters. The molecule has 0 aromatic carbocycles. The highest BCUT2D eigenvalue weighted by Gasteiger charge is 2.10. The Morgan fingerprint density at radius 1 is 1.73 bits per heavy atom. The molecule has 0 spiro atoms. The van der Waals surface area contributed by atoms with Crippen LogP contribution in [0.25, 0.3) is 0 Å². The number of anilines is 1. The lowest BCUT2D eigenvalue weighted by Crippen LogP contribution is -2.24. The van der Waals surface area contributed by atoms with Gasteiger partial charge in [-0.05, 0) is 13.3 Å². The lowest BCUT2D eigenvalue weighted by Gasteiger charge is -2.06. The topological polar surface area (TPSA) is 72.9 Å². The summed E-state index contributed by atoms with van der Waals surface area (Å²) in [6.07, 6.45) is 2.94. The van der Waals surface area contributed by atoms with Crippen molar-refractivity contribution in [1.29, 1.82) is 0 Å². The number of amides is 1. The van der Waals surface area contributed by atoms with Crippen LogP contribution >= 0.6 is 0 Å². The van der Waals surface area contributed by atoms with E-state index in [-0.39, 0.29) is 11.9 Å². The van der Waals surface area contributed by atoms with Gasteiger partial charge in [0.15, 0.2) is 0 Å². The van der Waals surface area contributed by atoms with Gasteiger partial charge in [0, 0.05) is 25.7 Å². The second kappa shape index (κ2) is 4.93. The van der Waals surface area contributed by atoms with Gasteiger partial charge in [-0.15, -0.1) is 0 Å². The highest BCUT2D eigenvalue weighted by atomic mass is 16.1. The molecule has 1 aromatic heterocycles. The fourth-order valence-corrected chi connectivity index (χ4v) is 1.39. The van der Waals surface area contributed by atoms with Crippen molar-refractivity contribution in [2.75, 3.05) is 5.32 Å². The minimum atomic E-state index is -0.119. The minimum Gasteiger partial charge on any atom is -0.327 e. The molecule has 15 heavy (non-hydrogen) atoms. The lowest BCUT2D eigenvalue weighted by atomic mass is 10.2. The van der Waals surface area contributed by atoms with E-state index in [9.17, 15) is 4.79 Å². The molecule has 0 aliphatic carbocycles. The van der Waals surface area contributed by atoms with Crippen molar-refractivity contribution in [2.45, 2.75) is 32.7 Å². The summed E-state index contributed by atoms with van der Waals surface area (Å²) in [5.74, 6) is -0.0623. The summed E-state index contributed by atoms with van der Waals surface area (Å²) in [7, 11) is 1.83. The third-order valence-corrected chi connectivity index (χ3v) is 2.02. The largest absolute Gasteiger partial charge is 0.327 e. The summed E-state index contributed by atoms with van der Waals surface area (Å²) in [4.78, 5) is 11.5. The van der Waals surface area contributed by atoms with E-state index in [0.29, 0.717) is 6.42 Å². The Balaban J connectivity index is 2.67. The molecular formula is C10H18N4O. The van der Waals surface area contributed by atoms with Gasteiger partial charge >= 0.3 is 0 Å². The number of rotatable bonds is 4. The molecule has 0 saturated carbocycles. The first-order valence-corrected chi connectivity index (χ1v) is 5.10. The first-order valence-electron chi connectivity index (χ1n) is 5.10. The van der Waals surface area contributed by atoms with Crippen molar-refractivity contribution in [3.05, 3.63) is 11.9 Å². The first kappa shape index (κ1) is 11.7. The van der Waals surface area contributed by atoms with Crippen LogP contribution in [-0.2, 0) is 18.3 Å². The van der Waals surface area contributed by atoms with Gasteiger partial charge in [0.1, 0.15) is 0 Å². The number of nitrogens with one attached hydrogen (secondary N) is 1. The fraction of sp³-hybridized carbons (Fsp3) is 0.600. The number of hydrogen-bond acceptors (Lipinski definition) is 3. The molecule has 0 fully saturated rings. The van der Waals surface area contributed by atoms with E-state index in [1.807, 2.05) is 20.9 Å². The molecule has 5 heteroatoms. The monoisotopic (exact) mass is 210 g/mol. The van der Waals surface area contributed by atoms with Crippen LogP contribution in [-0.4, -0.2) is 21.7 Å². The van der Waals surface area contributed by atoms with Crippen LogP contribution in [0.4, 0.5) is 5.69 Å². The number of hydrogen-bond donors (Lipinski definition) is 2. The zero-order valence-electron chi connectivity index (χ0n) is 9.45. The van der Waals surface area contributed by atoms with Gasteiger partial charge < -0.3 is 11.1 Å². The maximum atomic E-state index is 11.5. The Hall–Kier alpha value is -1.36. The third-order valence-electron chi connectivity index (χ3n) is 2.02. The smallest absolute Gasteiger partial charge is 0.226 e. The SMILES string of the molecule is CCc1nn(C)cc1NC(=O)CC(C)N. The van der Waals surface area contributed by atoms with Crippen molar-refractivity contribution in [3.8, 4) is 0 Å². The van der Waals surface area contributed by atoms with Crippen LogP contribution in [0.15, 0.2) is 6.20 Å². The number of carbonyl (C=O) groups excluding carboxylic acids is 1. The van der Waals surface area contributed by atoms with Crippen LogP contribution in [0.2, 0.25) is 0 Å². The van der Waals surface area contributed by atoms with E-state index >= 15 is 0 Å². The summed E-state index contributed by atoms with van der Waals surface area (Å²) >= 11 is 0. The van der Waals surface area contributed by atoms with Crippen LogP contribution in [0.5, 0.6) is 0 Å². The molecule has 1 amide bonds. The number of nitrogens with zero attached hydrogens (tertiary/aromatic N) is 2. The summed E-state index contributed by atoms with van der Waals surface area (Å²) < 4.78 is 1.69. The Morgan fingerprint density at radius 3 is 2.93 bits per heavy atom. The standard InChI is InChI=1S/C10H18N4O/c1-4-8-9(6-14(3)13-8)12-10(15)5-7(2)11/h6-7H,4-5,11H2,1-3H3,(H,12,15). The second-order valence-electron chi connectivity index (χ2n) is 3.75. The Morgan fingerprint density at radius 2 is 2.40 bits per heavy atom. The highest BCUT2D eigenvalue weighted by molar-refractivity contribution is 5.91. The molecule has 1 aromatic rings. The van der Waals surface area contributed by atoms with Crippen molar-refractivity contribution >= 4 is 11.6 Å². The van der Waals surface area contributed by atoms with Crippen molar-refractivity contribution in [3.63, 3.8) is 0 Å². The van der Waals surface area contributed by atoms with Crippen molar-refractivity contribution in [1.82, 2.24) is 9.78 Å². The third kappa shape index (κ3) is 3.36.